The van der Waals surface area contributed by atoms with Crippen LogP contribution in [0.25, 0.3) is 10.8 Å². The number of fused-ring (bicyclic) bond motifs is 1. The van der Waals surface area contributed by atoms with Gasteiger partial charge in [0.25, 0.3) is 5.89 Å². The van der Waals surface area contributed by atoms with Crippen LogP contribution in [0.4, 0.5) is 5.69 Å². The summed E-state index contributed by atoms with van der Waals surface area (Å²) in [5, 5.41) is 10.4. The lowest BCUT2D eigenvalue weighted by atomic mass is 10.00. The van der Waals surface area contributed by atoms with Crippen LogP contribution in [-0.2, 0) is 13.0 Å². The van der Waals surface area contributed by atoms with Crippen LogP contribution in [0.2, 0.25) is 0 Å². The number of hydrogen-bond donors (Lipinski definition) is 0. The van der Waals surface area contributed by atoms with Gasteiger partial charge >= 0.3 is 0 Å². The Kier molecular flexibility index (Phi) is 3.42. The summed E-state index contributed by atoms with van der Waals surface area (Å²) in [6, 6.07) is 10.7. The van der Waals surface area contributed by atoms with E-state index in [1.54, 1.807) is 11.3 Å². The van der Waals surface area contributed by atoms with Gasteiger partial charge < -0.3 is 9.32 Å². The van der Waals surface area contributed by atoms with E-state index in [1.165, 1.54) is 23.2 Å². The van der Waals surface area contributed by atoms with Crippen LogP contribution < -0.4 is 4.90 Å². The van der Waals surface area contributed by atoms with E-state index in [9.17, 15) is 0 Å². The van der Waals surface area contributed by atoms with Crippen molar-refractivity contribution < 1.29 is 4.42 Å². The first-order chi connectivity index (χ1) is 10.8. The van der Waals surface area contributed by atoms with Crippen LogP contribution in [-0.4, -0.2) is 16.7 Å². The van der Waals surface area contributed by atoms with Crippen molar-refractivity contribution in [1.29, 1.82) is 0 Å². The van der Waals surface area contributed by atoms with E-state index >= 15 is 0 Å². The summed E-state index contributed by atoms with van der Waals surface area (Å²) >= 11 is 1.62. The molecule has 1 aromatic carbocycles. The van der Waals surface area contributed by atoms with Crippen LogP contribution in [0.1, 0.15) is 23.4 Å². The van der Waals surface area contributed by atoms with Crippen LogP contribution in [0.15, 0.2) is 40.1 Å². The fourth-order valence-corrected chi connectivity index (χ4v) is 3.59. The van der Waals surface area contributed by atoms with Crippen molar-refractivity contribution in [1.82, 2.24) is 10.2 Å². The lowest BCUT2D eigenvalue weighted by Gasteiger charge is -2.30. The summed E-state index contributed by atoms with van der Waals surface area (Å²) in [6.45, 7) is 3.85. The van der Waals surface area contributed by atoms with Gasteiger partial charge in [0.2, 0.25) is 5.89 Å². The molecule has 0 spiro atoms. The van der Waals surface area contributed by atoms with Crippen LogP contribution >= 0.6 is 11.3 Å². The number of aromatic nitrogens is 2. The minimum Gasteiger partial charge on any atom is -0.418 e. The van der Waals surface area contributed by atoms with Crippen LogP contribution in [0, 0.1) is 6.92 Å². The highest BCUT2D eigenvalue weighted by atomic mass is 32.1. The Balaban J connectivity index is 1.58. The van der Waals surface area contributed by atoms with Gasteiger partial charge in [-0.2, -0.15) is 0 Å². The van der Waals surface area contributed by atoms with Crippen molar-refractivity contribution in [3.8, 4) is 10.8 Å². The van der Waals surface area contributed by atoms with E-state index in [-0.39, 0.29) is 0 Å². The Labute approximate surface area is 133 Å². The van der Waals surface area contributed by atoms with Crippen molar-refractivity contribution in [2.75, 3.05) is 11.4 Å². The lowest BCUT2D eigenvalue weighted by molar-refractivity contribution is 0.494. The molecule has 112 valence electrons. The molecule has 5 heteroatoms. The second-order valence-corrected chi connectivity index (χ2v) is 6.58. The zero-order chi connectivity index (χ0) is 14.9. The molecular weight excluding hydrogens is 294 g/mol. The molecule has 2 aromatic heterocycles. The highest BCUT2D eigenvalue weighted by Gasteiger charge is 2.19. The number of anilines is 1. The minimum atomic E-state index is 0.617. The van der Waals surface area contributed by atoms with Crippen LogP contribution in [0.5, 0.6) is 0 Å². The molecule has 0 radical (unpaired) electrons. The topological polar surface area (TPSA) is 42.2 Å². The second kappa shape index (κ2) is 5.57. The summed E-state index contributed by atoms with van der Waals surface area (Å²) in [7, 11) is 0. The van der Waals surface area contributed by atoms with Gasteiger partial charge in [0.05, 0.1) is 11.4 Å². The summed E-state index contributed by atoms with van der Waals surface area (Å²) in [5.41, 5.74) is 4.04. The molecule has 0 N–H and O–H groups in total. The standard InChI is InChI=1S/C17H17N3OS/c1-12-6-7-14-13(10-12)4-2-8-20(14)11-16-18-19-17(21-16)15-5-3-9-22-15/h3,5-7,9-10H,2,4,8,11H2,1H3. The zero-order valence-electron chi connectivity index (χ0n) is 12.5. The van der Waals surface area contributed by atoms with E-state index in [0.29, 0.717) is 18.3 Å². The molecule has 0 saturated carbocycles. The maximum absolute atomic E-state index is 5.82. The number of nitrogens with zero attached hydrogens (tertiary/aromatic N) is 3. The summed E-state index contributed by atoms with van der Waals surface area (Å²) in [5.74, 6) is 1.29. The average Bonchev–Trinajstić information content (AvgIpc) is 3.18. The largest absolute Gasteiger partial charge is 0.418 e. The van der Waals surface area contributed by atoms with Gasteiger partial charge in [0, 0.05) is 12.2 Å². The van der Waals surface area contributed by atoms with E-state index in [2.05, 4.69) is 40.2 Å². The summed E-state index contributed by atoms with van der Waals surface area (Å²) in [4.78, 5) is 3.36. The molecule has 4 nitrogen and oxygen atoms in total. The van der Waals surface area contributed by atoms with E-state index in [0.717, 1.165) is 17.8 Å². The third kappa shape index (κ3) is 2.52. The van der Waals surface area contributed by atoms with Crippen molar-refractivity contribution in [3.05, 3.63) is 52.7 Å². The van der Waals surface area contributed by atoms with Gasteiger partial charge in [-0.1, -0.05) is 23.8 Å². The third-order valence-corrected chi connectivity index (χ3v) is 4.83. The molecule has 3 aromatic rings. The molecule has 4 rings (SSSR count). The van der Waals surface area contributed by atoms with Gasteiger partial charge in [0.1, 0.15) is 0 Å². The number of benzene rings is 1. The van der Waals surface area contributed by atoms with Crippen molar-refractivity contribution >= 4 is 17.0 Å². The van der Waals surface area contributed by atoms with Crippen molar-refractivity contribution in [2.45, 2.75) is 26.3 Å². The molecule has 0 amide bonds. The third-order valence-electron chi connectivity index (χ3n) is 3.97. The molecule has 0 saturated heterocycles. The maximum atomic E-state index is 5.82. The molecular formula is C17H17N3OS. The van der Waals surface area contributed by atoms with Gasteiger partial charge in [0.15, 0.2) is 0 Å². The van der Waals surface area contributed by atoms with Gasteiger partial charge in [-0.3, -0.25) is 0 Å². The summed E-state index contributed by atoms with van der Waals surface area (Å²) in [6.07, 6.45) is 2.32. The predicted molar refractivity (Wildman–Crippen MR) is 88.2 cm³/mol. The smallest absolute Gasteiger partial charge is 0.257 e. The molecule has 22 heavy (non-hydrogen) atoms. The molecule has 0 bridgehead atoms. The first-order valence-electron chi connectivity index (χ1n) is 7.50. The first kappa shape index (κ1) is 13.5. The Morgan fingerprint density at radius 2 is 2.23 bits per heavy atom. The molecule has 3 heterocycles. The van der Waals surface area contributed by atoms with Crippen LogP contribution in [0.3, 0.4) is 0 Å². The van der Waals surface area contributed by atoms with Gasteiger partial charge in [-0.05, 0) is 42.8 Å². The van der Waals surface area contributed by atoms with E-state index in [4.69, 9.17) is 4.42 Å². The Morgan fingerprint density at radius 1 is 1.27 bits per heavy atom. The number of thiophene rings is 1. The fourth-order valence-electron chi connectivity index (χ4n) is 2.95. The number of rotatable bonds is 3. The predicted octanol–water partition coefficient (Wildman–Crippen LogP) is 4.06. The maximum Gasteiger partial charge on any atom is 0.257 e. The van der Waals surface area contributed by atoms with E-state index < -0.39 is 0 Å². The highest BCUT2D eigenvalue weighted by molar-refractivity contribution is 7.13. The van der Waals surface area contributed by atoms with Crippen molar-refractivity contribution in [2.24, 2.45) is 0 Å². The molecule has 1 aliphatic heterocycles. The SMILES string of the molecule is Cc1ccc2c(c1)CCCN2Cc1nnc(-c2cccs2)o1. The Morgan fingerprint density at radius 3 is 3.09 bits per heavy atom. The molecule has 1 aliphatic rings. The van der Waals surface area contributed by atoms with Crippen molar-refractivity contribution in [3.63, 3.8) is 0 Å². The minimum absolute atomic E-state index is 0.617. The lowest BCUT2D eigenvalue weighted by Crippen LogP contribution is -2.29. The molecule has 0 aliphatic carbocycles. The van der Waals surface area contributed by atoms with Gasteiger partial charge in [-0.15, -0.1) is 21.5 Å². The molecule has 0 atom stereocenters. The molecule has 0 unspecified atom stereocenters. The van der Waals surface area contributed by atoms with Gasteiger partial charge in [-0.25, -0.2) is 0 Å². The Bertz CT molecular complexity index is 779. The van der Waals surface area contributed by atoms with E-state index in [1.807, 2.05) is 17.5 Å². The average molecular weight is 311 g/mol. The fraction of sp³-hybridized carbons (Fsp3) is 0.294. The Hall–Kier alpha value is -2.14. The highest BCUT2D eigenvalue weighted by Crippen LogP contribution is 2.30. The normalized spacial score (nSPS) is 14.1. The quantitative estimate of drug-likeness (QED) is 0.731. The zero-order valence-corrected chi connectivity index (χ0v) is 13.3. The first-order valence-corrected chi connectivity index (χ1v) is 8.38. The number of aryl methyl sites for hydroxylation is 2. The number of hydrogen-bond acceptors (Lipinski definition) is 5. The monoisotopic (exact) mass is 311 g/mol. The molecule has 0 fully saturated rings. The summed E-state index contributed by atoms with van der Waals surface area (Å²) < 4.78 is 5.82. The second-order valence-electron chi connectivity index (χ2n) is 5.64.